The van der Waals surface area contributed by atoms with Gasteiger partial charge in [0.15, 0.2) is 0 Å². The molecule has 356 valence electrons. The van der Waals surface area contributed by atoms with E-state index >= 15 is 0 Å². The van der Waals surface area contributed by atoms with E-state index in [1.54, 1.807) is 55.3 Å². The van der Waals surface area contributed by atoms with E-state index in [1.165, 1.54) is 12.0 Å². The number of nitrogens with one attached hydrogen (secondary N) is 2. The van der Waals surface area contributed by atoms with Crippen LogP contribution in [0, 0.1) is 23.7 Å². The van der Waals surface area contributed by atoms with Crippen molar-refractivity contribution in [3.8, 4) is 17.3 Å². The Morgan fingerprint density at radius 1 is 1.12 bits per heavy atom. The second-order valence-corrected chi connectivity index (χ2v) is 20.6. The molecule has 65 heavy (non-hydrogen) atoms. The minimum atomic E-state index is -4.92. The van der Waals surface area contributed by atoms with Crippen LogP contribution in [-0.4, -0.2) is 100 Å². The number of nitrogens with zero attached hydrogens (tertiary/aromatic N) is 4. The normalized spacial score (nSPS) is 22.3. The molecule has 4 N–H and O–H groups in total. The summed E-state index contributed by atoms with van der Waals surface area (Å²) in [6.07, 6.45) is 6.69. The Labute approximate surface area is 377 Å². The fraction of sp³-hybridized carbons (Fsp3) is 0.600. The van der Waals surface area contributed by atoms with Crippen LogP contribution in [-0.2, 0) is 29.1 Å². The van der Waals surface area contributed by atoms with Crippen LogP contribution in [0.2, 0.25) is 0 Å². The molecule has 3 heterocycles. The maximum atomic E-state index is 14.7. The van der Waals surface area contributed by atoms with Crippen molar-refractivity contribution in [3.63, 3.8) is 0 Å². The van der Waals surface area contributed by atoms with Gasteiger partial charge in [-0.2, -0.15) is 13.2 Å². The van der Waals surface area contributed by atoms with Crippen LogP contribution in [0.25, 0.3) is 16.6 Å². The van der Waals surface area contributed by atoms with Crippen molar-refractivity contribution < 1.29 is 55.0 Å². The van der Waals surface area contributed by atoms with Crippen molar-refractivity contribution in [1.29, 1.82) is 0 Å². The minimum Gasteiger partial charge on any atom is -0.497 e. The Morgan fingerprint density at radius 2 is 1.86 bits per heavy atom. The molecule has 1 aromatic carbocycles. The quantitative estimate of drug-likeness (QED) is 0.110. The third kappa shape index (κ3) is 11.4. The highest BCUT2D eigenvalue weighted by molar-refractivity contribution is 7.91. The van der Waals surface area contributed by atoms with Gasteiger partial charge >= 0.3 is 12.3 Å². The van der Waals surface area contributed by atoms with Crippen LogP contribution in [0.3, 0.4) is 0 Å². The first-order valence-corrected chi connectivity index (χ1v) is 23.6. The second kappa shape index (κ2) is 19.6. The van der Waals surface area contributed by atoms with E-state index in [2.05, 4.69) is 20.0 Å². The zero-order valence-corrected chi connectivity index (χ0v) is 38.4. The number of pyridine rings is 1. The summed E-state index contributed by atoms with van der Waals surface area (Å²) in [6.45, 7) is 6.62. The van der Waals surface area contributed by atoms with E-state index in [-0.39, 0.29) is 30.7 Å². The van der Waals surface area contributed by atoms with Crippen molar-refractivity contribution in [2.45, 2.75) is 134 Å². The van der Waals surface area contributed by atoms with Gasteiger partial charge in [0.1, 0.15) is 23.9 Å². The SMILES string of the molecule is CC[C@H](C[C@H](C)CC/C=C\[C@@H]1CCCC1C(=O)NS(=O)(=O)C1(C)CC1)[C@H](NC(=O)OC(C)(C)C(F)(F)F)C(=O)N1C[C@H](Oc2cc(-n3ccnc3)c3ccc(OC)cc3n2)C[C@H]1C(N)=O. The number of aromatic nitrogens is 3. The van der Waals surface area contributed by atoms with Crippen LogP contribution in [0.5, 0.6) is 11.6 Å². The van der Waals surface area contributed by atoms with Crippen LogP contribution >= 0.6 is 0 Å². The molecule has 1 unspecified atom stereocenters. The Bertz CT molecular complexity index is 2360. The van der Waals surface area contributed by atoms with E-state index in [9.17, 15) is 40.8 Å². The van der Waals surface area contributed by atoms with Gasteiger partial charge in [-0.3, -0.25) is 19.1 Å². The number of fused-ring (bicyclic) bond motifs is 1. The predicted octanol–water partition coefficient (Wildman–Crippen LogP) is 6.50. The fourth-order valence-corrected chi connectivity index (χ4v) is 9.99. The molecule has 0 radical (unpaired) electrons. The van der Waals surface area contributed by atoms with Crippen LogP contribution in [0.15, 0.2) is 55.1 Å². The lowest BCUT2D eigenvalue weighted by Crippen LogP contribution is -2.57. The molecule has 4 amide bonds. The smallest absolute Gasteiger partial charge is 0.427 e. The summed E-state index contributed by atoms with van der Waals surface area (Å²) in [5.41, 5.74) is 4.19. The number of imidazole rings is 1. The zero-order valence-electron chi connectivity index (χ0n) is 37.6. The first kappa shape index (κ1) is 49.0. The predicted molar refractivity (Wildman–Crippen MR) is 234 cm³/mol. The number of alkyl carbamates (subject to hydrolysis) is 1. The molecule has 2 saturated carbocycles. The summed E-state index contributed by atoms with van der Waals surface area (Å²) in [5.74, 6) is -2.61. The number of alkyl halides is 3. The fourth-order valence-electron chi connectivity index (χ4n) is 8.69. The Hall–Kier alpha value is -5.40. The molecule has 6 rings (SSSR count). The molecule has 2 aromatic heterocycles. The number of halogens is 3. The largest absolute Gasteiger partial charge is 0.497 e. The maximum Gasteiger partial charge on any atom is 0.427 e. The lowest BCUT2D eigenvalue weighted by Gasteiger charge is -2.34. The number of nitrogens with two attached hydrogens (primary N) is 1. The third-order valence-corrected chi connectivity index (χ3v) is 15.3. The van der Waals surface area contributed by atoms with Crippen molar-refractivity contribution >= 4 is 44.7 Å². The number of amides is 4. The van der Waals surface area contributed by atoms with E-state index < -0.39 is 80.4 Å². The van der Waals surface area contributed by atoms with Gasteiger partial charge in [-0.15, -0.1) is 0 Å². The Balaban J connectivity index is 1.17. The van der Waals surface area contributed by atoms with Gasteiger partial charge < -0.3 is 34.7 Å². The number of likely N-dealkylation sites (tertiary alicyclic amines) is 1. The summed E-state index contributed by atoms with van der Waals surface area (Å²) in [4.78, 5) is 64.0. The molecule has 3 fully saturated rings. The van der Waals surface area contributed by atoms with Gasteiger partial charge in [-0.25, -0.2) is 23.2 Å². The second-order valence-electron chi connectivity index (χ2n) is 18.4. The summed E-state index contributed by atoms with van der Waals surface area (Å²) >= 11 is 0. The van der Waals surface area contributed by atoms with Crippen molar-refractivity contribution in [2.24, 2.45) is 29.4 Å². The number of ether oxygens (including phenoxy) is 3. The standard InChI is InChI=1S/C45H60F3N7O9S/c1-7-28(21-27(2)11-8-9-12-29-13-10-14-32(29)40(57)53-65(60,61)44(5)17-18-44)38(52-42(59)64-43(3,4)45(46,47)48)41(58)55-25-31(23-36(55)39(49)56)63-37-24-35(54-20-19-50-26-54)33-16-15-30(62-6)22-34(33)51-37/h9,12,15-16,19-20,22,24,26-29,31-32,36,38H,7-8,10-11,13-14,17-18,21,23,25H2,1-6H3,(H2,49,56)(H,52,59)(H,53,57)/b12-9-/t27-,28-,29-,31-,32?,36+,38+/m1/s1. The van der Waals surface area contributed by atoms with Gasteiger partial charge in [0.05, 0.1) is 35.9 Å². The summed E-state index contributed by atoms with van der Waals surface area (Å²) in [7, 11) is -2.23. The van der Waals surface area contributed by atoms with E-state index in [0.717, 1.165) is 18.2 Å². The molecule has 1 aliphatic heterocycles. The van der Waals surface area contributed by atoms with Gasteiger partial charge in [0.2, 0.25) is 39.2 Å². The number of carbonyl (C=O) groups is 4. The maximum absolute atomic E-state index is 14.7. The molecule has 7 atom stereocenters. The van der Waals surface area contributed by atoms with E-state index in [4.69, 9.17) is 19.9 Å². The molecule has 2 aliphatic carbocycles. The highest BCUT2D eigenvalue weighted by atomic mass is 32.2. The number of hydrogen-bond acceptors (Lipinski definition) is 11. The first-order chi connectivity index (χ1) is 30.6. The highest BCUT2D eigenvalue weighted by Gasteiger charge is 2.53. The number of carbonyl (C=O) groups excluding carboxylic acids is 4. The average molecular weight is 932 g/mol. The van der Waals surface area contributed by atoms with Crippen molar-refractivity contribution in [2.75, 3.05) is 13.7 Å². The molecular weight excluding hydrogens is 872 g/mol. The summed E-state index contributed by atoms with van der Waals surface area (Å²) in [5, 5.41) is 3.20. The molecule has 20 heteroatoms. The van der Waals surface area contributed by atoms with Crippen molar-refractivity contribution in [1.82, 2.24) is 29.5 Å². The Morgan fingerprint density at radius 3 is 2.49 bits per heavy atom. The van der Waals surface area contributed by atoms with E-state index in [1.807, 2.05) is 25.1 Å². The van der Waals surface area contributed by atoms with Crippen molar-refractivity contribution in [3.05, 3.63) is 55.1 Å². The minimum absolute atomic E-state index is 0.0319. The molecule has 3 aliphatic rings. The molecule has 16 nitrogen and oxygen atoms in total. The third-order valence-electron chi connectivity index (χ3n) is 13.1. The first-order valence-electron chi connectivity index (χ1n) is 22.1. The van der Waals surface area contributed by atoms with Gasteiger partial charge in [-0.05, 0) is 95.6 Å². The molecule has 0 spiro atoms. The van der Waals surface area contributed by atoms with Crippen LogP contribution < -0.4 is 25.2 Å². The van der Waals surface area contributed by atoms with Gasteiger partial charge in [-0.1, -0.05) is 38.8 Å². The number of methoxy groups -OCH3 is 1. The number of benzene rings is 1. The number of rotatable bonds is 19. The zero-order chi connectivity index (χ0) is 47.5. The molecular formula is C45H60F3N7O9S. The van der Waals surface area contributed by atoms with Gasteiger partial charge in [0, 0.05) is 42.3 Å². The average Bonchev–Trinajstić information content (AvgIpc) is 3.63. The number of primary amides is 1. The topological polar surface area (TPSA) is 214 Å². The van der Waals surface area contributed by atoms with E-state index in [0.29, 0.717) is 75.7 Å². The number of allylic oxidation sites excluding steroid dienone is 2. The molecule has 3 aromatic rings. The molecule has 0 bridgehead atoms. The summed E-state index contributed by atoms with van der Waals surface area (Å²) in [6, 6.07) is 4.46. The molecule has 1 saturated heterocycles. The van der Waals surface area contributed by atoms with Crippen LogP contribution in [0.4, 0.5) is 18.0 Å². The monoisotopic (exact) mass is 931 g/mol. The van der Waals surface area contributed by atoms with Gasteiger partial charge in [0.25, 0.3) is 0 Å². The Kier molecular flexibility index (Phi) is 14.8. The summed E-state index contributed by atoms with van der Waals surface area (Å²) < 4.78 is 86.7. The lowest BCUT2D eigenvalue weighted by atomic mass is 9.84. The van der Waals surface area contributed by atoms with Crippen LogP contribution in [0.1, 0.15) is 98.8 Å². The number of hydrogen-bond donors (Lipinski definition) is 3. The number of sulfonamides is 1. The lowest BCUT2D eigenvalue weighted by molar-refractivity contribution is -0.244. The highest BCUT2D eigenvalue weighted by Crippen LogP contribution is 2.43.